The van der Waals surface area contributed by atoms with E-state index in [4.69, 9.17) is 20.6 Å². The van der Waals surface area contributed by atoms with Crippen LogP contribution in [0.15, 0.2) is 16.4 Å². The van der Waals surface area contributed by atoms with E-state index in [0.29, 0.717) is 0 Å². The summed E-state index contributed by atoms with van der Waals surface area (Å²) in [6.45, 7) is 0.346. The largest absolute Gasteiger partial charge is 0.477 e. The van der Waals surface area contributed by atoms with Crippen LogP contribution in [-0.4, -0.2) is 85.0 Å². The molecule has 2 amide bonds. The minimum Gasteiger partial charge on any atom is -0.477 e. The van der Waals surface area contributed by atoms with Gasteiger partial charge in [0.15, 0.2) is 5.13 Å². The van der Waals surface area contributed by atoms with Crippen LogP contribution in [0.2, 0.25) is 0 Å². The number of nitrogens with two attached hydrogens (primary N) is 1. The Morgan fingerprint density at radius 3 is 2.74 bits per heavy atom. The van der Waals surface area contributed by atoms with Gasteiger partial charge in [-0.1, -0.05) is 5.16 Å². The number of rotatable bonds is 10. The summed E-state index contributed by atoms with van der Waals surface area (Å²) < 4.78 is 8.83. The maximum Gasteiger partial charge on any atom is 0.352 e. The van der Waals surface area contributed by atoms with Gasteiger partial charge in [-0.15, -0.1) is 11.8 Å². The van der Waals surface area contributed by atoms with Crippen molar-refractivity contribution in [1.82, 2.24) is 19.6 Å². The van der Waals surface area contributed by atoms with Gasteiger partial charge in [-0.2, -0.15) is 14.6 Å². The minimum absolute atomic E-state index is 0.0438. The molecule has 3 rings (SSSR count). The van der Waals surface area contributed by atoms with E-state index in [1.807, 2.05) is 0 Å². The molecular formula is C18H17N7O8S2. The third-order valence-electron chi connectivity index (χ3n) is 4.49. The van der Waals surface area contributed by atoms with Crippen molar-refractivity contribution in [3.8, 4) is 6.07 Å². The summed E-state index contributed by atoms with van der Waals surface area (Å²) in [5.74, 6) is -4.35. The van der Waals surface area contributed by atoms with E-state index in [2.05, 4.69) is 19.8 Å². The summed E-state index contributed by atoms with van der Waals surface area (Å²) in [4.78, 5) is 69.7. The van der Waals surface area contributed by atoms with E-state index in [0.717, 1.165) is 28.2 Å². The quantitative estimate of drug-likeness (QED) is 0.0803. The number of amides is 2. The molecule has 3 heterocycles. The number of Topliss-reactive ketones (excluding diaryl/α,β-unsaturated/α-hetero) is 1. The normalized spacial score (nSPS) is 19.3. The van der Waals surface area contributed by atoms with Crippen molar-refractivity contribution in [2.75, 3.05) is 24.7 Å². The smallest absolute Gasteiger partial charge is 0.352 e. The van der Waals surface area contributed by atoms with Crippen molar-refractivity contribution in [2.24, 2.45) is 5.16 Å². The lowest BCUT2D eigenvalue weighted by Crippen LogP contribution is -2.71. The second kappa shape index (κ2) is 10.9. The third kappa shape index (κ3) is 5.73. The Morgan fingerprint density at radius 1 is 1.40 bits per heavy atom. The van der Waals surface area contributed by atoms with Crippen molar-refractivity contribution in [1.29, 1.82) is 5.26 Å². The lowest BCUT2D eigenvalue weighted by atomic mass is 10.0. The first kappa shape index (κ1) is 25.6. The third-order valence-corrected chi connectivity index (χ3v) is 6.37. The molecule has 0 bridgehead atoms. The van der Waals surface area contributed by atoms with Crippen LogP contribution in [0, 0.1) is 11.3 Å². The van der Waals surface area contributed by atoms with Gasteiger partial charge in [0.1, 0.15) is 42.0 Å². The van der Waals surface area contributed by atoms with Crippen LogP contribution >= 0.6 is 23.3 Å². The van der Waals surface area contributed by atoms with Crippen LogP contribution < -0.4 is 11.1 Å². The zero-order chi connectivity index (χ0) is 25.7. The number of fused-ring (bicyclic) bond motifs is 1. The summed E-state index contributed by atoms with van der Waals surface area (Å²) in [5, 5.41) is 23.5. The molecule has 2 aliphatic rings. The predicted molar refractivity (Wildman–Crippen MR) is 118 cm³/mol. The lowest BCUT2D eigenvalue weighted by Gasteiger charge is -2.49. The van der Waals surface area contributed by atoms with E-state index in [1.54, 1.807) is 6.07 Å². The van der Waals surface area contributed by atoms with Crippen molar-refractivity contribution < 1.29 is 38.7 Å². The van der Waals surface area contributed by atoms with Crippen molar-refractivity contribution in [3.63, 3.8) is 0 Å². The first-order valence-corrected chi connectivity index (χ1v) is 11.5. The average Bonchev–Trinajstić information content (AvgIpc) is 3.23. The number of carboxylic acids is 1. The van der Waals surface area contributed by atoms with Crippen LogP contribution in [0.25, 0.3) is 0 Å². The number of nitriles is 1. The molecule has 1 aromatic heterocycles. The SMILES string of the molecule is CC(=O)CC(=O)OCC1=C(C(=O)O)N2C(=O)[C@@H](NC(=O)/C(=N\OCC#N)c3nsc(N)n3)[C@H]2SC1. The molecule has 184 valence electrons. The van der Waals surface area contributed by atoms with Crippen LogP contribution in [-0.2, 0) is 33.5 Å². The average molecular weight is 524 g/mol. The highest BCUT2D eigenvalue weighted by Crippen LogP contribution is 2.40. The van der Waals surface area contributed by atoms with Gasteiger partial charge in [-0.25, -0.2) is 4.79 Å². The molecule has 2 aliphatic heterocycles. The lowest BCUT2D eigenvalue weighted by molar-refractivity contribution is -0.150. The van der Waals surface area contributed by atoms with Gasteiger partial charge in [0.05, 0.1) is 0 Å². The molecular weight excluding hydrogens is 506 g/mol. The number of ketones is 1. The molecule has 0 aliphatic carbocycles. The second-order valence-corrected chi connectivity index (χ2v) is 8.87. The number of carbonyl (C=O) groups is 5. The molecule has 0 aromatic carbocycles. The van der Waals surface area contributed by atoms with Crippen molar-refractivity contribution in [3.05, 3.63) is 17.1 Å². The Bertz CT molecular complexity index is 1190. The first-order chi connectivity index (χ1) is 16.6. The fourth-order valence-electron chi connectivity index (χ4n) is 3.07. The molecule has 0 saturated carbocycles. The summed E-state index contributed by atoms with van der Waals surface area (Å²) in [6, 6.07) is 0.565. The number of nitrogens with zero attached hydrogens (tertiary/aromatic N) is 5. The van der Waals surface area contributed by atoms with Crippen molar-refractivity contribution >= 4 is 63.7 Å². The summed E-state index contributed by atoms with van der Waals surface area (Å²) in [6.07, 6.45) is -0.455. The maximum absolute atomic E-state index is 12.8. The molecule has 35 heavy (non-hydrogen) atoms. The molecule has 0 spiro atoms. The molecule has 2 atom stereocenters. The molecule has 0 radical (unpaired) electrons. The summed E-state index contributed by atoms with van der Waals surface area (Å²) in [5.41, 5.74) is 4.92. The first-order valence-electron chi connectivity index (χ1n) is 9.66. The number of esters is 1. The zero-order valence-electron chi connectivity index (χ0n) is 17.9. The number of nitrogens with one attached hydrogen (secondary N) is 1. The van der Waals surface area contributed by atoms with Gasteiger partial charge in [0, 0.05) is 22.9 Å². The molecule has 4 N–H and O–H groups in total. The standard InChI is InChI=1S/C18H17N7O8S2/c1-7(26)4-9(27)32-5-8-6-34-16-11(15(29)25(16)12(8)17(30)31)21-14(28)10(23-33-3-2-19)13-22-18(20)35-24-13/h11,16H,3-6H2,1H3,(H,21,28)(H,30,31)(H2,20,22,24)/b23-10-/t11-,16-/m1/s1. The van der Waals surface area contributed by atoms with Crippen LogP contribution in [0.5, 0.6) is 0 Å². The fourth-order valence-corrected chi connectivity index (χ4v) is 4.83. The van der Waals surface area contributed by atoms with Crippen LogP contribution in [0.3, 0.4) is 0 Å². The maximum atomic E-state index is 12.8. The van der Waals surface area contributed by atoms with Crippen LogP contribution in [0.1, 0.15) is 19.2 Å². The molecule has 0 unspecified atom stereocenters. The summed E-state index contributed by atoms with van der Waals surface area (Å²) in [7, 11) is 0. The van der Waals surface area contributed by atoms with E-state index in [1.165, 1.54) is 6.92 Å². The fraction of sp³-hybridized carbons (Fsp3) is 0.389. The van der Waals surface area contributed by atoms with Crippen LogP contribution in [0.4, 0.5) is 5.13 Å². The second-order valence-electron chi connectivity index (χ2n) is 6.99. The van der Waals surface area contributed by atoms with E-state index < -0.39 is 66.3 Å². The topological polar surface area (TPSA) is 227 Å². The summed E-state index contributed by atoms with van der Waals surface area (Å²) >= 11 is 1.93. The Balaban J connectivity index is 1.74. The number of aromatic nitrogens is 2. The molecule has 1 aromatic rings. The molecule has 1 saturated heterocycles. The molecule has 1 fully saturated rings. The number of oxime groups is 1. The number of carboxylic acid groups (broad SMARTS) is 1. The number of hydrogen-bond donors (Lipinski definition) is 3. The highest BCUT2D eigenvalue weighted by Gasteiger charge is 2.54. The Morgan fingerprint density at radius 2 is 2.14 bits per heavy atom. The minimum atomic E-state index is -1.42. The number of nitrogen functional groups attached to an aromatic ring is 1. The number of hydrogen-bond acceptors (Lipinski definition) is 14. The van der Waals surface area contributed by atoms with E-state index in [9.17, 15) is 29.1 Å². The number of ether oxygens (including phenoxy) is 1. The number of carbonyl (C=O) groups excluding carboxylic acids is 4. The van der Waals surface area contributed by atoms with Gasteiger partial charge in [0.2, 0.25) is 18.1 Å². The van der Waals surface area contributed by atoms with Crippen molar-refractivity contribution in [2.45, 2.75) is 24.8 Å². The van der Waals surface area contributed by atoms with Gasteiger partial charge >= 0.3 is 11.9 Å². The van der Waals surface area contributed by atoms with Gasteiger partial charge < -0.3 is 25.7 Å². The van der Waals surface area contributed by atoms with E-state index in [-0.39, 0.29) is 28.0 Å². The zero-order valence-corrected chi connectivity index (χ0v) is 19.6. The molecule has 15 nitrogen and oxygen atoms in total. The van der Waals surface area contributed by atoms with Gasteiger partial charge in [0.25, 0.3) is 11.8 Å². The number of thioether (sulfide) groups is 1. The Hall–Kier alpha value is -4.04. The number of aliphatic carboxylic acids is 1. The van der Waals surface area contributed by atoms with Gasteiger partial charge in [-0.05, 0) is 6.92 Å². The monoisotopic (exact) mass is 523 g/mol. The molecule has 17 heteroatoms. The Labute approximate surface area is 205 Å². The van der Waals surface area contributed by atoms with Gasteiger partial charge in [-0.3, -0.25) is 24.1 Å². The number of anilines is 1. The predicted octanol–water partition coefficient (Wildman–Crippen LogP) is -1.37. The van der Waals surface area contributed by atoms with E-state index >= 15 is 0 Å². The Kier molecular flexibility index (Phi) is 7.98. The number of β-lactam (4-membered cyclic amide) rings is 1. The highest BCUT2D eigenvalue weighted by molar-refractivity contribution is 8.00. The highest BCUT2D eigenvalue weighted by atomic mass is 32.2.